The average molecular weight is 387 g/mol. The molecule has 0 saturated heterocycles. The standard InChI is InChI=1S/C20H18FNO4S/c1-22-17(20(23)16-4-2-3-5-19(16)27(22,24)25)12-15-10-11-18(26-15)13-6-8-14(21)9-7-13/h2-11,17,20,23H,12H2,1H3/t17-,20-/m0/s1. The van der Waals surface area contributed by atoms with Gasteiger partial charge in [0.05, 0.1) is 17.0 Å². The van der Waals surface area contributed by atoms with Crippen LogP contribution in [0.1, 0.15) is 17.4 Å². The third-order valence-corrected chi connectivity index (χ3v) is 6.88. The molecule has 0 spiro atoms. The summed E-state index contributed by atoms with van der Waals surface area (Å²) in [5, 5.41) is 10.7. The second-order valence-electron chi connectivity index (χ2n) is 6.55. The minimum atomic E-state index is -3.68. The number of aliphatic hydroxyl groups excluding tert-OH is 1. The van der Waals surface area contributed by atoms with Crippen molar-refractivity contribution in [2.24, 2.45) is 0 Å². The highest BCUT2D eigenvalue weighted by molar-refractivity contribution is 7.89. The summed E-state index contributed by atoms with van der Waals surface area (Å²) in [6.45, 7) is 0. The molecule has 3 aromatic rings. The maximum atomic E-state index is 13.1. The molecule has 1 aliphatic rings. The van der Waals surface area contributed by atoms with Crippen LogP contribution in [0.5, 0.6) is 0 Å². The minimum Gasteiger partial charge on any atom is -0.461 e. The molecule has 0 aliphatic carbocycles. The Kier molecular flexibility index (Phi) is 4.38. The Morgan fingerprint density at radius 2 is 1.78 bits per heavy atom. The number of benzene rings is 2. The van der Waals surface area contributed by atoms with Gasteiger partial charge in [-0.25, -0.2) is 12.8 Å². The third-order valence-electron chi connectivity index (χ3n) is 4.93. The summed E-state index contributed by atoms with van der Waals surface area (Å²) in [5.74, 6) is 0.766. The number of sulfonamides is 1. The van der Waals surface area contributed by atoms with Crippen molar-refractivity contribution in [3.05, 3.63) is 77.8 Å². The van der Waals surface area contributed by atoms with Gasteiger partial charge in [-0.2, -0.15) is 4.31 Å². The number of aliphatic hydroxyl groups is 1. The Morgan fingerprint density at radius 3 is 2.52 bits per heavy atom. The minimum absolute atomic E-state index is 0.127. The van der Waals surface area contributed by atoms with Crippen molar-refractivity contribution in [1.82, 2.24) is 4.31 Å². The molecule has 0 unspecified atom stereocenters. The lowest BCUT2D eigenvalue weighted by atomic mass is 9.98. The largest absolute Gasteiger partial charge is 0.461 e. The summed E-state index contributed by atoms with van der Waals surface area (Å²) in [5.41, 5.74) is 1.11. The van der Waals surface area contributed by atoms with Crippen molar-refractivity contribution in [3.63, 3.8) is 0 Å². The van der Waals surface area contributed by atoms with Crippen molar-refractivity contribution >= 4 is 10.0 Å². The molecular formula is C20H18FNO4S. The van der Waals surface area contributed by atoms with E-state index in [1.165, 1.54) is 29.6 Å². The van der Waals surface area contributed by atoms with Crippen molar-refractivity contribution in [2.75, 3.05) is 7.05 Å². The Balaban J connectivity index is 1.64. The maximum Gasteiger partial charge on any atom is 0.243 e. The van der Waals surface area contributed by atoms with E-state index < -0.39 is 22.2 Å². The van der Waals surface area contributed by atoms with Crippen LogP contribution in [0.3, 0.4) is 0 Å². The molecule has 140 valence electrons. The first kappa shape index (κ1) is 17.9. The number of hydrogen-bond donors (Lipinski definition) is 1. The van der Waals surface area contributed by atoms with Gasteiger partial charge in [-0.15, -0.1) is 0 Å². The quantitative estimate of drug-likeness (QED) is 0.748. The van der Waals surface area contributed by atoms with Crippen LogP contribution in [0.15, 0.2) is 70.0 Å². The molecule has 7 heteroatoms. The van der Waals surface area contributed by atoms with Crippen LogP contribution in [0, 0.1) is 5.82 Å². The predicted octanol–water partition coefficient (Wildman–Crippen LogP) is 3.36. The van der Waals surface area contributed by atoms with Gasteiger partial charge in [0.2, 0.25) is 10.0 Å². The Bertz CT molecular complexity index is 1080. The SMILES string of the molecule is CN1[C@@H](Cc2ccc(-c3ccc(F)cc3)o2)[C@@H](O)c2ccccc2S1(=O)=O. The number of likely N-dealkylation sites (N-methyl/N-ethyl adjacent to an activating group) is 1. The van der Waals surface area contributed by atoms with E-state index in [0.29, 0.717) is 17.1 Å². The highest BCUT2D eigenvalue weighted by Crippen LogP contribution is 2.37. The van der Waals surface area contributed by atoms with Crippen LogP contribution in [0.25, 0.3) is 11.3 Å². The third kappa shape index (κ3) is 3.07. The summed E-state index contributed by atoms with van der Waals surface area (Å²) >= 11 is 0. The van der Waals surface area contributed by atoms with E-state index in [9.17, 15) is 17.9 Å². The van der Waals surface area contributed by atoms with Crippen molar-refractivity contribution in [1.29, 1.82) is 0 Å². The molecular weight excluding hydrogens is 369 g/mol. The first-order chi connectivity index (χ1) is 12.9. The molecule has 0 amide bonds. The fourth-order valence-electron chi connectivity index (χ4n) is 3.40. The van der Waals surface area contributed by atoms with Gasteiger partial charge in [-0.1, -0.05) is 18.2 Å². The van der Waals surface area contributed by atoms with E-state index >= 15 is 0 Å². The normalized spacial score (nSPS) is 21.7. The van der Waals surface area contributed by atoms with Crippen LogP contribution < -0.4 is 0 Å². The smallest absolute Gasteiger partial charge is 0.243 e. The molecule has 1 N–H and O–H groups in total. The average Bonchev–Trinajstić information content (AvgIpc) is 3.13. The van der Waals surface area contributed by atoms with Crippen LogP contribution in [0.2, 0.25) is 0 Å². The zero-order chi connectivity index (χ0) is 19.2. The monoisotopic (exact) mass is 387 g/mol. The van der Waals surface area contributed by atoms with Crippen LogP contribution >= 0.6 is 0 Å². The molecule has 1 aromatic heterocycles. The zero-order valence-corrected chi connectivity index (χ0v) is 15.4. The lowest BCUT2D eigenvalue weighted by Gasteiger charge is -2.36. The van der Waals surface area contributed by atoms with E-state index in [4.69, 9.17) is 4.42 Å². The summed E-state index contributed by atoms with van der Waals surface area (Å²) in [7, 11) is -2.22. The molecule has 27 heavy (non-hydrogen) atoms. The maximum absolute atomic E-state index is 13.1. The van der Waals surface area contributed by atoms with Gasteiger partial charge < -0.3 is 9.52 Å². The topological polar surface area (TPSA) is 70.8 Å². The van der Waals surface area contributed by atoms with Crippen LogP contribution in [-0.2, 0) is 16.4 Å². The van der Waals surface area contributed by atoms with Crippen molar-refractivity contribution in [2.45, 2.75) is 23.5 Å². The first-order valence-corrected chi connectivity index (χ1v) is 9.91. The van der Waals surface area contributed by atoms with Crippen molar-refractivity contribution < 1.29 is 22.3 Å². The zero-order valence-electron chi connectivity index (χ0n) is 14.5. The Labute approximate surface area is 156 Å². The van der Waals surface area contributed by atoms with Gasteiger partial charge in [0.15, 0.2) is 0 Å². The highest BCUT2D eigenvalue weighted by Gasteiger charge is 2.41. The van der Waals surface area contributed by atoms with E-state index in [2.05, 4.69) is 0 Å². The van der Waals surface area contributed by atoms with Gasteiger partial charge in [-0.05, 0) is 42.5 Å². The first-order valence-electron chi connectivity index (χ1n) is 8.47. The molecule has 1 aliphatic heterocycles. The Hall–Kier alpha value is -2.48. The lowest BCUT2D eigenvalue weighted by Crippen LogP contribution is -2.46. The lowest BCUT2D eigenvalue weighted by molar-refractivity contribution is 0.0864. The summed E-state index contributed by atoms with van der Waals surface area (Å²) in [6.07, 6.45) is -0.749. The van der Waals surface area contributed by atoms with Gasteiger partial charge in [0.1, 0.15) is 17.3 Å². The number of furan rings is 1. The summed E-state index contributed by atoms with van der Waals surface area (Å²) < 4.78 is 45.6. The van der Waals surface area contributed by atoms with Gasteiger partial charge in [-0.3, -0.25) is 0 Å². The molecule has 2 aromatic carbocycles. The molecule has 5 nitrogen and oxygen atoms in total. The van der Waals surface area contributed by atoms with Crippen LogP contribution in [0.4, 0.5) is 4.39 Å². The van der Waals surface area contributed by atoms with E-state index in [1.807, 2.05) is 0 Å². The van der Waals surface area contributed by atoms with Gasteiger partial charge >= 0.3 is 0 Å². The second kappa shape index (κ2) is 6.60. The fourth-order valence-corrected chi connectivity index (χ4v) is 5.00. The molecule has 0 radical (unpaired) electrons. The summed E-state index contributed by atoms with van der Waals surface area (Å²) in [6, 6.07) is 15.2. The molecule has 4 rings (SSSR count). The molecule has 2 atom stereocenters. The molecule has 0 saturated carbocycles. The molecule has 2 heterocycles. The molecule has 0 bridgehead atoms. The van der Waals surface area contributed by atoms with E-state index in [1.54, 1.807) is 42.5 Å². The fraction of sp³-hybridized carbons (Fsp3) is 0.200. The number of fused-ring (bicyclic) bond motifs is 1. The number of nitrogens with zero attached hydrogens (tertiary/aromatic N) is 1. The van der Waals surface area contributed by atoms with Gasteiger partial charge in [0, 0.05) is 24.6 Å². The highest BCUT2D eigenvalue weighted by atomic mass is 32.2. The predicted molar refractivity (Wildman–Crippen MR) is 97.9 cm³/mol. The van der Waals surface area contributed by atoms with Gasteiger partial charge in [0.25, 0.3) is 0 Å². The van der Waals surface area contributed by atoms with E-state index in [0.717, 1.165) is 5.56 Å². The van der Waals surface area contributed by atoms with Crippen LogP contribution in [-0.4, -0.2) is 30.9 Å². The van der Waals surface area contributed by atoms with Crippen molar-refractivity contribution in [3.8, 4) is 11.3 Å². The molecule has 0 fully saturated rings. The number of halogens is 1. The van der Waals surface area contributed by atoms with E-state index in [-0.39, 0.29) is 17.1 Å². The second-order valence-corrected chi connectivity index (χ2v) is 8.51. The number of rotatable bonds is 3. The number of hydrogen-bond acceptors (Lipinski definition) is 4. The summed E-state index contributed by atoms with van der Waals surface area (Å²) in [4.78, 5) is 0.127. The Morgan fingerprint density at radius 1 is 1.07 bits per heavy atom.